The third kappa shape index (κ3) is 9.40. The van der Waals surface area contributed by atoms with Crippen LogP contribution in [0.25, 0.3) is 105 Å². The van der Waals surface area contributed by atoms with Gasteiger partial charge in [-0.2, -0.15) is 0 Å². The molecule has 2 aliphatic rings. The Bertz CT molecular complexity index is 5210. The van der Waals surface area contributed by atoms with Crippen LogP contribution in [0.5, 0.6) is 0 Å². The average Bonchev–Trinajstić information content (AvgIpc) is 1.70. The molecule has 16 rings (SSSR count). The van der Waals surface area contributed by atoms with Crippen molar-refractivity contribution < 1.29 is 0 Å². The van der Waals surface area contributed by atoms with E-state index in [9.17, 15) is 0 Å². The van der Waals surface area contributed by atoms with Gasteiger partial charge in [0.2, 0.25) is 0 Å². The highest BCUT2D eigenvalue weighted by molar-refractivity contribution is 6.16. The van der Waals surface area contributed by atoms with E-state index in [0.29, 0.717) is 0 Å². The number of benzene rings is 14. The monoisotopic (exact) mass is 1160 g/mol. The van der Waals surface area contributed by atoms with E-state index < -0.39 is 0 Å². The summed E-state index contributed by atoms with van der Waals surface area (Å²) in [5, 5.41) is 7.13. The third-order valence-electron chi connectivity index (χ3n) is 19.6. The second kappa shape index (κ2) is 22.2. The lowest BCUT2D eigenvalue weighted by molar-refractivity contribution is 0.660. The van der Waals surface area contributed by atoms with Crippen LogP contribution in [0.3, 0.4) is 0 Å². The Morgan fingerprint density at radius 3 is 1.31 bits per heavy atom. The minimum Gasteiger partial charge on any atom is -0.310 e. The lowest BCUT2D eigenvalue weighted by atomic mass is 9.81. The van der Waals surface area contributed by atoms with Crippen LogP contribution in [-0.4, -0.2) is 0 Å². The molecule has 0 saturated carbocycles. The van der Waals surface area contributed by atoms with Crippen LogP contribution in [0.4, 0.5) is 28.4 Å². The standard InChI is InChI=1S/C89H68N2/c1-6-23-70(90(66-28-9-7-10-29-66)68-46-40-59(41-47-68)63-44-51-77-75-34-17-19-38-83(75)88(2,3)85(77)56-63)54-65-55-81(74-36-21-26-61-24-13-15-32-72(61)74)82-58-71(50-53-80(82)87(65)79-37-22-27-62-25-14-16-33-73(62)79)91(67-30-11-8-12-31-67)69-48-42-60(43-49-69)64-45-52-78-76-35-18-20-39-84(76)89(4,5)86(78)57-64/h6-58H,1-5H3/b23-6-,70-54+. The van der Waals surface area contributed by atoms with Crippen molar-refractivity contribution in [3.8, 4) is 66.8 Å². The fraction of sp³-hybridized carbons (Fsp3) is 0.0787. The van der Waals surface area contributed by atoms with Crippen molar-refractivity contribution >= 4 is 66.8 Å². The first-order chi connectivity index (χ1) is 44.6. The van der Waals surface area contributed by atoms with Gasteiger partial charge in [0.25, 0.3) is 0 Å². The SMILES string of the molecule is C/C=C\C(=C/c1cc(-c2cccc3ccccc23)c2cc(N(c3ccccc3)c3ccc(-c4ccc5c(c4)C(C)(C)c4ccccc4-5)cc3)ccc2c1-c1cccc2ccccc12)N(c1ccccc1)c1ccc(-c2ccc3c(c2)C(C)(C)c2ccccc2-3)cc1. The zero-order valence-corrected chi connectivity index (χ0v) is 52.0. The van der Waals surface area contributed by atoms with Gasteiger partial charge in [0, 0.05) is 45.0 Å². The number of allylic oxidation sites excluding steroid dienone is 2. The first-order valence-corrected chi connectivity index (χ1v) is 31.9. The van der Waals surface area contributed by atoms with E-state index in [1.807, 2.05) is 0 Å². The van der Waals surface area contributed by atoms with E-state index in [-0.39, 0.29) is 10.8 Å². The van der Waals surface area contributed by atoms with Gasteiger partial charge in [-0.1, -0.05) is 258 Å². The normalized spacial score (nSPS) is 13.5. The average molecular weight is 1170 g/mol. The van der Waals surface area contributed by atoms with Gasteiger partial charge in [-0.15, -0.1) is 0 Å². The van der Waals surface area contributed by atoms with Gasteiger partial charge in [0.1, 0.15) is 0 Å². The molecule has 434 valence electrons. The van der Waals surface area contributed by atoms with Crippen LogP contribution in [-0.2, 0) is 10.8 Å². The minimum atomic E-state index is -0.0892. The summed E-state index contributed by atoms with van der Waals surface area (Å²) in [6, 6.07) is 113. The highest BCUT2D eigenvalue weighted by Crippen LogP contribution is 2.53. The third-order valence-corrected chi connectivity index (χ3v) is 19.6. The molecule has 2 heteroatoms. The molecule has 0 spiro atoms. The van der Waals surface area contributed by atoms with Crippen LogP contribution in [0, 0.1) is 0 Å². The zero-order valence-electron chi connectivity index (χ0n) is 52.0. The van der Waals surface area contributed by atoms with Gasteiger partial charge >= 0.3 is 0 Å². The first kappa shape index (κ1) is 55.3. The Hall–Kier alpha value is -11.1. The smallest absolute Gasteiger partial charge is 0.0468 e. The zero-order chi connectivity index (χ0) is 61.4. The molecule has 0 amide bonds. The molecule has 0 aliphatic heterocycles. The summed E-state index contributed by atoms with van der Waals surface area (Å²) in [5.41, 5.74) is 27.7. The Morgan fingerprint density at radius 1 is 0.297 bits per heavy atom. The fourth-order valence-corrected chi connectivity index (χ4v) is 15.1. The van der Waals surface area contributed by atoms with Gasteiger partial charge < -0.3 is 9.80 Å². The van der Waals surface area contributed by atoms with E-state index in [0.717, 1.165) is 56.0 Å². The van der Waals surface area contributed by atoms with E-state index in [4.69, 9.17) is 0 Å². The molecule has 0 saturated heterocycles. The summed E-state index contributed by atoms with van der Waals surface area (Å²) in [5.74, 6) is 0. The van der Waals surface area contributed by atoms with Crippen LogP contribution >= 0.6 is 0 Å². The van der Waals surface area contributed by atoms with Crippen LogP contribution in [0.15, 0.2) is 321 Å². The van der Waals surface area contributed by atoms with Crippen molar-refractivity contribution in [2.45, 2.75) is 45.4 Å². The molecule has 2 nitrogen and oxygen atoms in total. The first-order valence-electron chi connectivity index (χ1n) is 31.9. The number of nitrogens with zero attached hydrogens (tertiary/aromatic N) is 2. The van der Waals surface area contributed by atoms with E-state index >= 15 is 0 Å². The summed E-state index contributed by atoms with van der Waals surface area (Å²) in [6.07, 6.45) is 6.87. The minimum absolute atomic E-state index is 0.0845. The topological polar surface area (TPSA) is 6.48 Å². The van der Waals surface area contributed by atoms with Crippen molar-refractivity contribution in [2.24, 2.45) is 0 Å². The van der Waals surface area contributed by atoms with Gasteiger partial charge in [0.15, 0.2) is 0 Å². The summed E-state index contributed by atoms with van der Waals surface area (Å²) in [4.78, 5) is 4.83. The fourth-order valence-electron chi connectivity index (χ4n) is 15.1. The number of hydrogen-bond donors (Lipinski definition) is 0. The van der Waals surface area contributed by atoms with Crippen molar-refractivity contribution in [1.29, 1.82) is 0 Å². The molecule has 0 heterocycles. The van der Waals surface area contributed by atoms with Crippen LogP contribution < -0.4 is 9.80 Å². The van der Waals surface area contributed by atoms with Gasteiger partial charge in [0.05, 0.1) is 0 Å². The van der Waals surface area contributed by atoms with Crippen molar-refractivity contribution in [2.75, 3.05) is 9.80 Å². The molecule has 91 heavy (non-hydrogen) atoms. The summed E-state index contributed by atoms with van der Waals surface area (Å²) in [7, 11) is 0. The Morgan fingerprint density at radius 2 is 0.725 bits per heavy atom. The molecule has 0 atom stereocenters. The summed E-state index contributed by atoms with van der Waals surface area (Å²) >= 11 is 0. The summed E-state index contributed by atoms with van der Waals surface area (Å²) in [6.45, 7) is 11.6. The lowest BCUT2D eigenvalue weighted by Crippen LogP contribution is -2.15. The molecule has 2 aliphatic carbocycles. The largest absolute Gasteiger partial charge is 0.310 e. The molecule has 0 radical (unpaired) electrons. The van der Waals surface area contributed by atoms with Gasteiger partial charge in [-0.05, 0) is 225 Å². The molecule has 0 unspecified atom stereocenters. The maximum absolute atomic E-state index is 2.48. The number of rotatable bonds is 12. The van der Waals surface area contributed by atoms with Crippen molar-refractivity contribution in [3.05, 3.63) is 349 Å². The number of para-hydroxylation sites is 2. The second-order valence-corrected chi connectivity index (χ2v) is 25.5. The molecule has 0 aromatic heterocycles. The molecular weight excluding hydrogens is 1100 g/mol. The highest BCUT2D eigenvalue weighted by atomic mass is 15.1. The maximum Gasteiger partial charge on any atom is 0.0468 e. The Kier molecular flexibility index (Phi) is 13.5. The van der Waals surface area contributed by atoms with Crippen molar-refractivity contribution in [3.63, 3.8) is 0 Å². The summed E-state index contributed by atoms with van der Waals surface area (Å²) < 4.78 is 0. The molecule has 0 N–H and O–H groups in total. The van der Waals surface area contributed by atoms with Crippen LogP contribution in [0.2, 0.25) is 0 Å². The molecule has 0 fully saturated rings. The van der Waals surface area contributed by atoms with Gasteiger partial charge in [-0.3, -0.25) is 0 Å². The second-order valence-electron chi connectivity index (χ2n) is 25.5. The molecular formula is C89H68N2. The molecule has 14 aromatic rings. The lowest BCUT2D eigenvalue weighted by Gasteiger charge is -2.28. The van der Waals surface area contributed by atoms with Crippen molar-refractivity contribution in [1.82, 2.24) is 0 Å². The van der Waals surface area contributed by atoms with E-state index in [1.165, 1.54) is 105 Å². The van der Waals surface area contributed by atoms with E-state index in [2.05, 4.69) is 366 Å². The highest BCUT2D eigenvalue weighted by Gasteiger charge is 2.37. The Balaban J connectivity index is 0.882. The molecule has 0 bridgehead atoms. The number of hydrogen-bond acceptors (Lipinski definition) is 2. The quantitative estimate of drug-likeness (QED) is 0.113. The van der Waals surface area contributed by atoms with E-state index in [1.54, 1.807) is 0 Å². The maximum atomic E-state index is 2.48. The Labute approximate surface area is 534 Å². The van der Waals surface area contributed by atoms with Crippen LogP contribution in [0.1, 0.15) is 62.4 Å². The van der Waals surface area contributed by atoms with Gasteiger partial charge in [-0.25, -0.2) is 0 Å². The number of anilines is 5. The number of fused-ring (bicyclic) bond motifs is 9. The molecule has 14 aromatic carbocycles. The predicted octanol–water partition coefficient (Wildman–Crippen LogP) is 24.7. The predicted molar refractivity (Wildman–Crippen MR) is 388 cm³/mol.